The molecule has 5 nitrogen and oxygen atoms in total. The maximum atomic E-state index is 12.3. The third kappa shape index (κ3) is 3.02. The van der Waals surface area contributed by atoms with Gasteiger partial charge in [-0.05, 0) is 36.4 Å². The lowest BCUT2D eigenvalue weighted by Crippen LogP contribution is -2.27. The van der Waals surface area contributed by atoms with E-state index in [0.29, 0.717) is 16.0 Å². The molecule has 0 aliphatic carbocycles. The molecule has 3 rings (SSSR count). The SMILES string of the molecule is Cc1ccc(C)c(CSc2nc3ccsc3c(=O)n2C(=O)O)c1. The summed E-state index contributed by atoms with van der Waals surface area (Å²) in [4.78, 5) is 28.1. The number of nitrogens with zero attached hydrogens (tertiary/aromatic N) is 2. The summed E-state index contributed by atoms with van der Waals surface area (Å²) in [6.07, 6.45) is -1.30. The third-order valence-electron chi connectivity index (χ3n) is 3.50. The Kier molecular flexibility index (Phi) is 4.23. The van der Waals surface area contributed by atoms with Crippen molar-refractivity contribution in [3.8, 4) is 0 Å². The van der Waals surface area contributed by atoms with Gasteiger partial charge in [-0.25, -0.2) is 9.78 Å². The van der Waals surface area contributed by atoms with Crippen LogP contribution in [0.4, 0.5) is 4.79 Å². The summed E-state index contributed by atoms with van der Waals surface area (Å²) in [5.74, 6) is 0.558. The Morgan fingerprint density at radius 1 is 1.35 bits per heavy atom. The van der Waals surface area contributed by atoms with Gasteiger partial charge in [0.05, 0.1) is 5.52 Å². The van der Waals surface area contributed by atoms with Gasteiger partial charge in [0.25, 0.3) is 5.56 Å². The lowest BCUT2D eigenvalue weighted by molar-refractivity contribution is 0.192. The Morgan fingerprint density at radius 2 is 2.13 bits per heavy atom. The summed E-state index contributed by atoms with van der Waals surface area (Å²) in [5.41, 5.74) is 3.39. The van der Waals surface area contributed by atoms with Crippen LogP contribution in [0.1, 0.15) is 16.7 Å². The first-order valence-electron chi connectivity index (χ1n) is 6.90. The van der Waals surface area contributed by atoms with Crippen LogP contribution in [-0.2, 0) is 5.75 Å². The molecule has 2 aromatic heterocycles. The minimum absolute atomic E-state index is 0.203. The monoisotopic (exact) mass is 346 g/mol. The van der Waals surface area contributed by atoms with Crippen LogP contribution >= 0.6 is 23.1 Å². The first-order valence-corrected chi connectivity index (χ1v) is 8.76. The fraction of sp³-hybridized carbons (Fsp3) is 0.188. The molecule has 0 aliphatic heterocycles. The molecule has 0 saturated carbocycles. The number of hydrogen-bond donors (Lipinski definition) is 1. The van der Waals surface area contributed by atoms with Crippen LogP contribution < -0.4 is 5.56 Å². The third-order valence-corrected chi connectivity index (χ3v) is 5.38. The van der Waals surface area contributed by atoms with Crippen molar-refractivity contribution in [3.05, 3.63) is 56.7 Å². The minimum Gasteiger partial charge on any atom is -0.464 e. The molecule has 0 aliphatic rings. The number of aromatic nitrogens is 2. The average molecular weight is 346 g/mol. The molecule has 0 bridgehead atoms. The van der Waals surface area contributed by atoms with Gasteiger partial charge in [0.1, 0.15) is 4.70 Å². The van der Waals surface area contributed by atoms with Crippen LogP contribution in [0, 0.1) is 13.8 Å². The molecule has 3 aromatic rings. The van der Waals surface area contributed by atoms with Gasteiger partial charge in [-0.3, -0.25) is 4.79 Å². The maximum absolute atomic E-state index is 12.3. The summed E-state index contributed by atoms with van der Waals surface area (Å²) < 4.78 is 1.10. The molecule has 2 heterocycles. The van der Waals surface area contributed by atoms with E-state index < -0.39 is 11.7 Å². The van der Waals surface area contributed by atoms with E-state index in [0.717, 1.165) is 21.3 Å². The fourth-order valence-electron chi connectivity index (χ4n) is 2.26. The first kappa shape index (κ1) is 15.8. The summed E-state index contributed by atoms with van der Waals surface area (Å²) >= 11 is 2.46. The quantitative estimate of drug-likeness (QED) is 0.575. The number of carboxylic acid groups (broad SMARTS) is 1. The van der Waals surface area contributed by atoms with E-state index in [1.54, 1.807) is 11.4 Å². The second-order valence-electron chi connectivity index (χ2n) is 5.17. The topological polar surface area (TPSA) is 72.2 Å². The second-order valence-corrected chi connectivity index (χ2v) is 7.03. The molecule has 7 heteroatoms. The summed E-state index contributed by atoms with van der Waals surface area (Å²) in [6, 6.07) is 7.86. The highest BCUT2D eigenvalue weighted by Gasteiger charge is 2.17. The predicted octanol–water partition coefficient (Wildman–Crippen LogP) is 3.89. The largest absolute Gasteiger partial charge is 0.464 e. The van der Waals surface area contributed by atoms with Crippen LogP contribution in [0.2, 0.25) is 0 Å². The van der Waals surface area contributed by atoms with Crippen LogP contribution in [0.5, 0.6) is 0 Å². The highest BCUT2D eigenvalue weighted by Crippen LogP contribution is 2.25. The second kappa shape index (κ2) is 6.17. The van der Waals surface area contributed by atoms with E-state index in [2.05, 4.69) is 11.1 Å². The predicted molar refractivity (Wildman–Crippen MR) is 92.8 cm³/mol. The van der Waals surface area contributed by atoms with Gasteiger partial charge in [-0.15, -0.1) is 11.3 Å². The van der Waals surface area contributed by atoms with Gasteiger partial charge in [0.2, 0.25) is 0 Å². The molecular formula is C16H14N2O3S2. The molecule has 118 valence electrons. The lowest BCUT2D eigenvalue weighted by atomic mass is 10.1. The van der Waals surface area contributed by atoms with Gasteiger partial charge < -0.3 is 5.11 Å². The van der Waals surface area contributed by atoms with E-state index in [1.807, 2.05) is 26.0 Å². The Balaban J connectivity index is 2.02. The van der Waals surface area contributed by atoms with Gasteiger partial charge in [0, 0.05) is 5.75 Å². The summed E-state index contributed by atoms with van der Waals surface area (Å²) in [6.45, 7) is 4.02. The number of rotatable bonds is 3. The van der Waals surface area contributed by atoms with E-state index in [-0.39, 0.29) is 5.16 Å². The molecule has 1 N–H and O–H groups in total. The zero-order valence-corrected chi connectivity index (χ0v) is 14.2. The van der Waals surface area contributed by atoms with Crippen molar-refractivity contribution in [2.45, 2.75) is 24.8 Å². The molecule has 0 unspecified atom stereocenters. The van der Waals surface area contributed by atoms with Gasteiger partial charge in [0.15, 0.2) is 5.16 Å². The minimum atomic E-state index is -1.30. The van der Waals surface area contributed by atoms with E-state index >= 15 is 0 Å². The van der Waals surface area contributed by atoms with E-state index in [4.69, 9.17) is 0 Å². The van der Waals surface area contributed by atoms with Gasteiger partial charge in [-0.1, -0.05) is 35.5 Å². The number of thiophene rings is 1. The standard InChI is InChI=1S/C16H14N2O3S2/c1-9-3-4-10(2)11(7-9)8-23-15-17-12-5-6-22-13(12)14(19)18(15)16(20)21/h3-7H,8H2,1-2H3,(H,20,21). The Hall–Kier alpha value is -2.12. The molecule has 0 amide bonds. The fourth-order valence-corrected chi connectivity index (χ4v) is 4.06. The van der Waals surface area contributed by atoms with Crippen LogP contribution in [0.3, 0.4) is 0 Å². The van der Waals surface area contributed by atoms with E-state index in [1.165, 1.54) is 23.1 Å². The van der Waals surface area contributed by atoms with Crippen molar-refractivity contribution < 1.29 is 9.90 Å². The lowest BCUT2D eigenvalue weighted by Gasteiger charge is -2.09. The molecule has 1 aromatic carbocycles. The van der Waals surface area contributed by atoms with Crippen LogP contribution in [0.25, 0.3) is 10.2 Å². The zero-order chi connectivity index (χ0) is 16.6. The molecule has 0 radical (unpaired) electrons. The van der Waals surface area contributed by atoms with E-state index in [9.17, 15) is 14.7 Å². The maximum Gasteiger partial charge on any atom is 0.420 e. The smallest absolute Gasteiger partial charge is 0.420 e. The number of hydrogen-bond acceptors (Lipinski definition) is 5. The molecule has 0 fully saturated rings. The highest BCUT2D eigenvalue weighted by molar-refractivity contribution is 7.98. The molecular weight excluding hydrogens is 332 g/mol. The average Bonchev–Trinajstić information content (AvgIpc) is 2.96. The molecule has 23 heavy (non-hydrogen) atoms. The number of thioether (sulfide) groups is 1. The van der Waals surface area contributed by atoms with Crippen molar-refractivity contribution in [1.29, 1.82) is 0 Å². The Bertz CT molecular complexity index is 960. The van der Waals surface area contributed by atoms with Gasteiger partial charge in [-0.2, -0.15) is 4.57 Å². The normalized spacial score (nSPS) is 11.0. The summed E-state index contributed by atoms with van der Waals surface area (Å²) in [7, 11) is 0. The van der Waals surface area contributed by atoms with Crippen molar-refractivity contribution in [2.24, 2.45) is 0 Å². The number of aryl methyl sites for hydroxylation is 2. The molecule has 0 saturated heterocycles. The van der Waals surface area contributed by atoms with Crippen molar-refractivity contribution >= 4 is 39.4 Å². The number of carbonyl (C=O) groups is 1. The molecule has 0 spiro atoms. The van der Waals surface area contributed by atoms with Crippen molar-refractivity contribution in [2.75, 3.05) is 0 Å². The first-order chi connectivity index (χ1) is 11.0. The van der Waals surface area contributed by atoms with Gasteiger partial charge >= 0.3 is 6.09 Å². The zero-order valence-electron chi connectivity index (χ0n) is 12.6. The van der Waals surface area contributed by atoms with Crippen molar-refractivity contribution in [1.82, 2.24) is 9.55 Å². The highest BCUT2D eigenvalue weighted by atomic mass is 32.2. The molecule has 0 atom stereocenters. The summed E-state index contributed by atoms with van der Waals surface area (Å²) in [5, 5.41) is 11.3. The Morgan fingerprint density at radius 3 is 2.87 bits per heavy atom. The van der Waals surface area contributed by atoms with Crippen LogP contribution in [-0.4, -0.2) is 20.8 Å². The Labute approximate surface area is 140 Å². The van der Waals surface area contributed by atoms with Crippen molar-refractivity contribution in [3.63, 3.8) is 0 Å². The number of fused-ring (bicyclic) bond motifs is 1. The number of benzene rings is 1. The van der Waals surface area contributed by atoms with Crippen LogP contribution in [0.15, 0.2) is 39.6 Å².